The zero-order valence-corrected chi connectivity index (χ0v) is 4.35. The Morgan fingerprint density at radius 3 is 2.62 bits per heavy atom. The van der Waals surface area contributed by atoms with Crippen molar-refractivity contribution in [1.29, 1.82) is 0 Å². The van der Waals surface area contributed by atoms with E-state index in [0.717, 1.165) is 6.08 Å². The Hall–Kier alpha value is -0.860. The van der Waals surface area contributed by atoms with Gasteiger partial charge in [0.05, 0.1) is 0 Å². The van der Waals surface area contributed by atoms with E-state index in [4.69, 9.17) is 0 Å². The molecule has 1 rings (SSSR count). The summed E-state index contributed by atoms with van der Waals surface area (Å²) in [7, 11) is 0. The highest BCUT2D eigenvalue weighted by Crippen LogP contribution is 2.12. The molecule has 0 bridgehead atoms. The van der Waals surface area contributed by atoms with E-state index in [9.17, 15) is 9.18 Å². The van der Waals surface area contributed by atoms with Gasteiger partial charge in [-0.05, 0) is 13.0 Å². The molecule has 1 heterocycles. The summed E-state index contributed by atoms with van der Waals surface area (Å²) < 4.78 is 16.3. The lowest BCUT2D eigenvalue weighted by atomic mass is 10.4. The molecule has 0 N–H and O–H groups in total. The van der Waals surface area contributed by atoms with Gasteiger partial charge in [0.2, 0.25) is 5.83 Å². The molecule has 1 aliphatic rings. The molecule has 0 aromatic carbocycles. The SMILES string of the molecule is CC1C=C(F)C(=O)O1. The van der Waals surface area contributed by atoms with Crippen LogP contribution >= 0.6 is 0 Å². The summed E-state index contributed by atoms with van der Waals surface area (Å²) in [5.74, 6) is -1.63. The number of rotatable bonds is 0. The van der Waals surface area contributed by atoms with Gasteiger partial charge in [-0.25, -0.2) is 4.79 Å². The highest BCUT2D eigenvalue weighted by atomic mass is 19.1. The average molecular weight is 116 g/mol. The fourth-order valence-electron chi connectivity index (χ4n) is 0.533. The van der Waals surface area contributed by atoms with Crippen LogP contribution in [0.3, 0.4) is 0 Å². The van der Waals surface area contributed by atoms with E-state index in [0.29, 0.717) is 0 Å². The first-order valence-corrected chi connectivity index (χ1v) is 2.28. The quantitative estimate of drug-likeness (QED) is 0.437. The van der Waals surface area contributed by atoms with Crippen molar-refractivity contribution >= 4 is 5.97 Å². The largest absolute Gasteiger partial charge is 0.453 e. The molecule has 0 aliphatic carbocycles. The maximum absolute atomic E-state index is 12.0. The minimum absolute atomic E-state index is 0.387. The first-order valence-electron chi connectivity index (χ1n) is 2.28. The molecule has 0 spiro atoms. The first kappa shape index (κ1) is 5.28. The van der Waals surface area contributed by atoms with Gasteiger partial charge in [-0.1, -0.05) is 0 Å². The van der Waals surface area contributed by atoms with E-state index in [-0.39, 0.29) is 6.10 Å². The third-order valence-electron chi connectivity index (χ3n) is 0.869. The standard InChI is InChI=1S/C5H5FO2/c1-3-2-4(6)5(7)8-3/h2-3H,1H3. The molecule has 0 amide bonds. The molecule has 44 valence electrons. The number of esters is 1. The van der Waals surface area contributed by atoms with Crippen molar-refractivity contribution in [1.82, 2.24) is 0 Å². The van der Waals surface area contributed by atoms with E-state index in [1.807, 2.05) is 0 Å². The fourth-order valence-corrected chi connectivity index (χ4v) is 0.533. The molecular weight excluding hydrogens is 111 g/mol. The Labute approximate surface area is 45.9 Å². The predicted octanol–water partition coefficient (Wildman–Crippen LogP) is 0.785. The topological polar surface area (TPSA) is 26.3 Å². The number of cyclic esters (lactones) is 1. The zero-order valence-electron chi connectivity index (χ0n) is 4.35. The van der Waals surface area contributed by atoms with Crippen molar-refractivity contribution in [3.05, 3.63) is 11.9 Å². The van der Waals surface area contributed by atoms with Gasteiger partial charge in [0.15, 0.2) is 0 Å². The van der Waals surface area contributed by atoms with Gasteiger partial charge >= 0.3 is 5.97 Å². The Bertz CT molecular complexity index is 151. The van der Waals surface area contributed by atoms with Crippen LogP contribution < -0.4 is 0 Å². The van der Waals surface area contributed by atoms with Crippen molar-refractivity contribution in [3.63, 3.8) is 0 Å². The number of halogens is 1. The Morgan fingerprint density at radius 2 is 2.50 bits per heavy atom. The van der Waals surface area contributed by atoms with Crippen molar-refractivity contribution in [3.8, 4) is 0 Å². The molecule has 1 aliphatic heterocycles. The second-order valence-electron chi connectivity index (χ2n) is 1.63. The summed E-state index contributed by atoms with van der Waals surface area (Å²) in [6.07, 6.45) is 0.755. The van der Waals surface area contributed by atoms with Crippen molar-refractivity contribution in [2.75, 3.05) is 0 Å². The number of carbonyl (C=O) groups excluding carboxylic acids is 1. The van der Waals surface area contributed by atoms with Crippen LogP contribution in [-0.2, 0) is 9.53 Å². The average Bonchev–Trinajstić information content (AvgIpc) is 1.85. The van der Waals surface area contributed by atoms with Crippen LogP contribution in [0, 0.1) is 0 Å². The number of hydrogen-bond acceptors (Lipinski definition) is 2. The predicted molar refractivity (Wildman–Crippen MR) is 24.7 cm³/mol. The van der Waals surface area contributed by atoms with E-state index in [2.05, 4.69) is 4.74 Å². The molecule has 8 heavy (non-hydrogen) atoms. The van der Waals surface area contributed by atoms with Gasteiger partial charge in [-0.2, -0.15) is 4.39 Å². The van der Waals surface area contributed by atoms with Gasteiger partial charge < -0.3 is 4.74 Å². The monoisotopic (exact) mass is 116 g/mol. The minimum Gasteiger partial charge on any atom is -0.453 e. The molecule has 0 saturated carbocycles. The summed E-state index contributed by atoms with van der Waals surface area (Å²) >= 11 is 0. The van der Waals surface area contributed by atoms with Gasteiger partial charge in [-0.15, -0.1) is 0 Å². The zero-order chi connectivity index (χ0) is 6.15. The van der Waals surface area contributed by atoms with Gasteiger partial charge in [0.25, 0.3) is 0 Å². The van der Waals surface area contributed by atoms with Gasteiger partial charge in [0, 0.05) is 0 Å². The van der Waals surface area contributed by atoms with Crippen LogP contribution in [-0.4, -0.2) is 12.1 Å². The van der Waals surface area contributed by atoms with Crippen LogP contribution in [0.4, 0.5) is 4.39 Å². The molecule has 0 fully saturated rings. The van der Waals surface area contributed by atoms with E-state index < -0.39 is 11.8 Å². The van der Waals surface area contributed by atoms with Crippen molar-refractivity contribution in [2.24, 2.45) is 0 Å². The maximum Gasteiger partial charge on any atom is 0.367 e. The van der Waals surface area contributed by atoms with Crippen LogP contribution in [0.5, 0.6) is 0 Å². The van der Waals surface area contributed by atoms with Crippen molar-refractivity contribution < 1.29 is 13.9 Å². The highest BCUT2D eigenvalue weighted by Gasteiger charge is 2.21. The normalized spacial score (nSPS) is 27.5. The third kappa shape index (κ3) is 0.710. The summed E-state index contributed by atoms with van der Waals surface area (Å²) in [4.78, 5) is 10.1. The Kier molecular flexibility index (Phi) is 1.04. The van der Waals surface area contributed by atoms with Crippen LogP contribution in [0.2, 0.25) is 0 Å². The number of ether oxygens (including phenoxy) is 1. The molecule has 3 heteroatoms. The summed E-state index contributed by atoms with van der Waals surface area (Å²) in [6, 6.07) is 0. The van der Waals surface area contributed by atoms with Gasteiger partial charge in [0.1, 0.15) is 6.10 Å². The summed E-state index contributed by atoms with van der Waals surface area (Å²) in [6.45, 7) is 1.60. The first-order chi connectivity index (χ1) is 3.70. The second kappa shape index (κ2) is 1.58. The fraction of sp³-hybridized carbons (Fsp3) is 0.400. The Balaban J connectivity index is 2.73. The lowest BCUT2D eigenvalue weighted by Crippen LogP contribution is -2.01. The van der Waals surface area contributed by atoms with Crippen LogP contribution in [0.1, 0.15) is 6.92 Å². The third-order valence-corrected chi connectivity index (χ3v) is 0.869. The maximum atomic E-state index is 12.0. The molecule has 0 saturated heterocycles. The van der Waals surface area contributed by atoms with Crippen molar-refractivity contribution in [2.45, 2.75) is 13.0 Å². The lowest BCUT2D eigenvalue weighted by molar-refractivity contribution is -0.140. The van der Waals surface area contributed by atoms with E-state index >= 15 is 0 Å². The van der Waals surface area contributed by atoms with E-state index in [1.54, 1.807) is 6.92 Å². The molecule has 2 nitrogen and oxygen atoms in total. The van der Waals surface area contributed by atoms with E-state index in [1.165, 1.54) is 0 Å². The number of hydrogen-bond donors (Lipinski definition) is 0. The van der Waals surface area contributed by atoms with Gasteiger partial charge in [-0.3, -0.25) is 0 Å². The Morgan fingerprint density at radius 1 is 1.88 bits per heavy atom. The summed E-state index contributed by atoms with van der Waals surface area (Å²) in [5.41, 5.74) is 0. The molecule has 1 unspecified atom stereocenters. The van der Waals surface area contributed by atoms with Crippen LogP contribution in [0.15, 0.2) is 11.9 Å². The minimum atomic E-state index is -0.850. The molecule has 0 aromatic rings. The molecular formula is C5H5FO2. The number of carbonyl (C=O) groups is 1. The molecule has 0 aromatic heterocycles. The smallest absolute Gasteiger partial charge is 0.367 e. The second-order valence-corrected chi connectivity index (χ2v) is 1.63. The lowest BCUT2D eigenvalue weighted by Gasteiger charge is -1.94. The molecule has 0 radical (unpaired) electrons. The highest BCUT2D eigenvalue weighted by molar-refractivity contribution is 5.88. The summed E-state index contributed by atoms with van der Waals surface area (Å²) in [5, 5.41) is 0. The van der Waals surface area contributed by atoms with Crippen LogP contribution in [0.25, 0.3) is 0 Å². The molecule has 1 atom stereocenters.